The Morgan fingerprint density at radius 2 is 2.24 bits per heavy atom. The first-order valence-corrected chi connectivity index (χ1v) is 5.61. The smallest absolute Gasteiger partial charge is 0.224 e. The molecule has 4 nitrogen and oxygen atoms in total. The predicted octanol–water partition coefficient (Wildman–Crippen LogP) is 2.31. The van der Waals surface area contributed by atoms with E-state index < -0.39 is 0 Å². The van der Waals surface area contributed by atoms with E-state index in [0.29, 0.717) is 13.0 Å². The van der Waals surface area contributed by atoms with Gasteiger partial charge in [0.25, 0.3) is 0 Å². The van der Waals surface area contributed by atoms with Crippen LogP contribution in [0.25, 0.3) is 0 Å². The van der Waals surface area contributed by atoms with E-state index in [1.54, 1.807) is 25.3 Å². The molecule has 0 aliphatic heterocycles. The number of benzene rings is 1. The van der Waals surface area contributed by atoms with E-state index in [2.05, 4.69) is 5.32 Å². The number of nitrogens with one attached hydrogen (secondary N) is 1. The summed E-state index contributed by atoms with van der Waals surface area (Å²) < 4.78 is 4.98. The van der Waals surface area contributed by atoms with Crippen LogP contribution in [0.15, 0.2) is 18.2 Å². The molecule has 0 saturated carbocycles. The average Bonchev–Trinajstić information content (AvgIpc) is 2.22. The van der Waals surface area contributed by atoms with Crippen molar-refractivity contribution in [1.29, 1.82) is 0 Å². The van der Waals surface area contributed by atoms with E-state index in [4.69, 9.17) is 4.74 Å². The van der Waals surface area contributed by atoms with E-state index in [9.17, 15) is 9.90 Å². The topological polar surface area (TPSA) is 58.6 Å². The number of amides is 1. The number of rotatable bonds is 5. The maximum atomic E-state index is 11.7. The van der Waals surface area contributed by atoms with Crippen LogP contribution in [0.4, 0.5) is 5.69 Å². The molecule has 1 amide bonds. The molecule has 0 spiro atoms. The van der Waals surface area contributed by atoms with Gasteiger partial charge in [-0.25, -0.2) is 0 Å². The minimum atomic E-state index is -0.0386. The van der Waals surface area contributed by atoms with E-state index in [0.717, 1.165) is 11.3 Å². The van der Waals surface area contributed by atoms with Crippen molar-refractivity contribution in [2.45, 2.75) is 20.3 Å². The quantitative estimate of drug-likeness (QED) is 0.773. The van der Waals surface area contributed by atoms with E-state index in [-0.39, 0.29) is 17.6 Å². The van der Waals surface area contributed by atoms with Crippen molar-refractivity contribution in [1.82, 2.24) is 0 Å². The Balaban J connectivity index is 2.56. The van der Waals surface area contributed by atoms with Crippen molar-refractivity contribution in [3.8, 4) is 5.75 Å². The zero-order valence-corrected chi connectivity index (χ0v) is 10.5. The lowest BCUT2D eigenvalue weighted by molar-refractivity contribution is -0.117. The molecular formula is C13H19NO3. The first-order valence-electron chi connectivity index (χ1n) is 5.61. The molecule has 1 aromatic carbocycles. The first-order chi connectivity index (χ1) is 8.02. The Labute approximate surface area is 102 Å². The van der Waals surface area contributed by atoms with Crippen LogP contribution in [0, 0.1) is 12.8 Å². The van der Waals surface area contributed by atoms with Crippen LogP contribution in [0.2, 0.25) is 0 Å². The number of phenolic OH excluding ortho intramolecular Hbond substituents is 1. The maximum absolute atomic E-state index is 11.7. The third kappa shape index (κ3) is 4.44. The minimum Gasteiger partial charge on any atom is -0.508 e. The van der Waals surface area contributed by atoms with Gasteiger partial charge < -0.3 is 15.2 Å². The Morgan fingerprint density at radius 3 is 2.82 bits per heavy atom. The monoisotopic (exact) mass is 237 g/mol. The van der Waals surface area contributed by atoms with Crippen LogP contribution >= 0.6 is 0 Å². The zero-order chi connectivity index (χ0) is 12.8. The summed E-state index contributed by atoms with van der Waals surface area (Å²) in [5.41, 5.74) is 1.58. The normalized spacial score (nSPS) is 12.2. The second-order valence-electron chi connectivity index (χ2n) is 4.31. The number of carbonyl (C=O) groups is 1. The SMILES string of the molecule is COCC(C)CC(=O)Nc1ccc(O)cc1C. The fourth-order valence-corrected chi connectivity index (χ4v) is 1.65. The van der Waals surface area contributed by atoms with E-state index in [1.165, 1.54) is 0 Å². The van der Waals surface area contributed by atoms with Crippen LogP contribution in [0.5, 0.6) is 5.75 Å². The molecule has 0 saturated heterocycles. The van der Waals surface area contributed by atoms with Gasteiger partial charge in [-0.15, -0.1) is 0 Å². The summed E-state index contributed by atoms with van der Waals surface area (Å²) in [5.74, 6) is 0.356. The number of anilines is 1. The second-order valence-corrected chi connectivity index (χ2v) is 4.31. The molecule has 1 rings (SSSR count). The molecule has 0 aliphatic carbocycles. The van der Waals surface area contributed by atoms with Crippen molar-refractivity contribution >= 4 is 11.6 Å². The molecule has 0 bridgehead atoms. The van der Waals surface area contributed by atoms with E-state index in [1.807, 2.05) is 13.8 Å². The number of aryl methyl sites for hydroxylation is 1. The summed E-state index contributed by atoms with van der Waals surface area (Å²) >= 11 is 0. The van der Waals surface area contributed by atoms with Crippen LogP contribution in [0.1, 0.15) is 18.9 Å². The Bertz CT molecular complexity index is 390. The fraction of sp³-hybridized carbons (Fsp3) is 0.462. The molecule has 0 aromatic heterocycles. The molecule has 1 atom stereocenters. The molecule has 2 N–H and O–H groups in total. The van der Waals surface area contributed by atoms with Crippen molar-refractivity contribution in [2.24, 2.45) is 5.92 Å². The fourth-order valence-electron chi connectivity index (χ4n) is 1.65. The standard InChI is InChI=1S/C13H19NO3/c1-9(8-17-3)6-13(16)14-12-5-4-11(15)7-10(12)2/h4-5,7,9,15H,6,8H2,1-3H3,(H,14,16). The highest BCUT2D eigenvalue weighted by Crippen LogP contribution is 2.20. The van der Waals surface area contributed by atoms with E-state index >= 15 is 0 Å². The van der Waals surface area contributed by atoms with Gasteiger partial charge in [0.2, 0.25) is 5.91 Å². The van der Waals surface area contributed by atoms with Gasteiger partial charge in [0.15, 0.2) is 0 Å². The average molecular weight is 237 g/mol. The van der Waals surface area contributed by atoms with Gasteiger partial charge >= 0.3 is 0 Å². The number of methoxy groups -OCH3 is 1. The summed E-state index contributed by atoms with van der Waals surface area (Å²) in [6, 6.07) is 4.87. The van der Waals surface area contributed by atoms with Gasteiger partial charge in [-0.05, 0) is 36.6 Å². The summed E-state index contributed by atoms with van der Waals surface area (Å²) in [6.45, 7) is 4.38. The van der Waals surface area contributed by atoms with Crippen molar-refractivity contribution < 1.29 is 14.6 Å². The number of hydrogen-bond donors (Lipinski definition) is 2. The first kappa shape index (κ1) is 13.5. The summed E-state index contributed by atoms with van der Waals surface area (Å²) in [4.78, 5) is 11.7. The van der Waals surface area contributed by atoms with Crippen LogP contribution in [-0.4, -0.2) is 24.7 Å². The minimum absolute atomic E-state index is 0.0386. The predicted molar refractivity (Wildman–Crippen MR) is 67.1 cm³/mol. The highest BCUT2D eigenvalue weighted by atomic mass is 16.5. The molecule has 0 radical (unpaired) electrons. The number of phenols is 1. The lowest BCUT2D eigenvalue weighted by atomic mass is 10.1. The van der Waals surface area contributed by atoms with Gasteiger partial charge in [-0.2, -0.15) is 0 Å². The molecule has 94 valence electrons. The summed E-state index contributed by atoms with van der Waals surface area (Å²) in [7, 11) is 1.62. The van der Waals surface area contributed by atoms with Crippen molar-refractivity contribution in [3.63, 3.8) is 0 Å². The number of aromatic hydroxyl groups is 1. The van der Waals surface area contributed by atoms with Crippen molar-refractivity contribution in [2.75, 3.05) is 19.0 Å². The highest BCUT2D eigenvalue weighted by molar-refractivity contribution is 5.91. The third-order valence-electron chi connectivity index (χ3n) is 2.47. The van der Waals surface area contributed by atoms with Crippen LogP contribution in [-0.2, 0) is 9.53 Å². The molecular weight excluding hydrogens is 218 g/mol. The lowest BCUT2D eigenvalue weighted by Gasteiger charge is -2.12. The molecule has 0 aliphatic rings. The van der Waals surface area contributed by atoms with Crippen LogP contribution in [0.3, 0.4) is 0 Å². The highest BCUT2D eigenvalue weighted by Gasteiger charge is 2.10. The Kier molecular flexibility index (Phi) is 4.97. The molecule has 0 fully saturated rings. The van der Waals surface area contributed by atoms with Gasteiger partial charge in [-0.3, -0.25) is 4.79 Å². The van der Waals surface area contributed by atoms with Gasteiger partial charge in [0.05, 0.1) is 0 Å². The largest absolute Gasteiger partial charge is 0.508 e. The second kappa shape index (κ2) is 6.25. The van der Waals surface area contributed by atoms with Gasteiger partial charge in [-0.1, -0.05) is 6.92 Å². The Morgan fingerprint density at radius 1 is 1.53 bits per heavy atom. The van der Waals surface area contributed by atoms with Crippen molar-refractivity contribution in [3.05, 3.63) is 23.8 Å². The lowest BCUT2D eigenvalue weighted by Crippen LogP contribution is -2.18. The summed E-state index contributed by atoms with van der Waals surface area (Å²) in [6.07, 6.45) is 0.425. The Hall–Kier alpha value is -1.55. The molecule has 1 unspecified atom stereocenters. The molecule has 4 heteroatoms. The zero-order valence-electron chi connectivity index (χ0n) is 10.5. The number of carbonyl (C=O) groups excluding carboxylic acids is 1. The molecule has 1 aromatic rings. The number of hydrogen-bond acceptors (Lipinski definition) is 3. The van der Waals surface area contributed by atoms with Crippen LogP contribution < -0.4 is 5.32 Å². The molecule has 17 heavy (non-hydrogen) atoms. The van der Waals surface area contributed by atoms with Gasteiger partial charge in [0, 0.05) is 25.8 Å². The third-order valence-corrected chi connectivity index (χ3v) is 2.47. The van der Waals surface area contributed by atoms with Gasteiger partial charge in [0.1, 0.15) is 5.75 Å². The maximum Gasteiger partial charge on any atom is 0.224 e. The number of ether oxygens (including phenoxy) is 1. The molecule has 0 heterocycles. The summed E-state index contributed by atoms with van der Waals surface area (Å²) in [5, 5.41) is 12.1.